The second-order valence-corrected chi connectivity index (χ2v) is 7.98. The second kappa shape index (κ2) is 7.26. The number of methoxy groups -OCH3 is 1. The van der Waals surface area contributed by atoms with Crippen LogP contribution in [0.15, 0.2) is 60.7 Å². The Bertz CT molecular complexity index is 1120. The summed E-state index contributed by atoms with van der Waals surface area (Å²) in [4.78, 5) is 13.7. The largest absolute Gasteiger partial charge is 0.495 e. The molecule has 3 aromatic carbocycles. The van der Waals surface area contributed by atoms with Crippen LogP contribution in [0.4, 0.5) is 5.69 Å². The zero-order valence-corrected chi connectivity index (χ0v) is 17.2. The van der Waals surface area contributed by atoms with Gasteiger partial charge in [0, 0.05) is 5.69 Å². The summed E-state index contributed by atoms with van der Waals surface area (Å²) >= 11 is 6.25. The second-order valence-electron chi connectivity index (χ2n) is 7.58. The highest BCUT2D eigenvalue weighted by molar-refractivity contribution is 6.32. The number of halogens is 1. The van der Waals surface area contributed by atoms with Crippen molar-refractivity contribution >= 4 is 23.2 Å². The number of carbonyl (C=O) groups is 1. The molecule has 3 aromatic rings. The van der Waals surface area contributed by atoms with Gasteiger partial charge in [-0.25, -0.2) is 0 Å². The molecule has 2 aliphatic rings. The average Bonchev–Trinajstić information content (AvgIpc) is 3.38. The Morgan fingerprint density at radius 2 is 1.73 bits per heavy atom. The summed E-state index contributed by atoms with van der Waals surface area (Å²) in [5, 5.41) is 3.51. The third-order valence-electron chi connectivity index (χ3n) is 5.87. The lowest BCUT2D eigenvalue weighted by Crippen LogP contribution is -2.41. The van der Waals surface area contributed by atoms with Gasteiger partial charge in [0.05, 0.1) is 17.5 Å². The quantitative estimate of drug-likeness (QED) is 0.660. The van der Waals surface area contributed by atoms with Crippen molar-refractivity contribution in [3.63, 3.8) is 0 Å². The summed E-state index contributed by atoms with van der Waals surface area (Å²) in [5.41, 5.74) is 3.13. The van der Waals surface area contributed by atoms with Crippen molar-refractivity contribution in [1.82, 2.24) is 0 Å². The van der Waals surface area contributed by atoms with Gasteiger partial charge in [0.15, 0.2) is 11.5 Å². The molecule has 5 nitrogen and oxygen atoms in total. The maximum absolute atomic E-state index is 13.7. The Hall–Kier alpha value is -3.18. The van der Waals surface area contributed by atoms with Crippen LogP contribution < -0.4 is 19.5 Å². The van der Waals surface area contributed by atoms with Crippen LogP contribution in [-0.4, -0.2) is 19.8 Å². The Kier molecular flexibility index (Phi) is 4.55. The van der Waals surface area contributed by atoms with E-state index in [0.29, 0.717) is 40.8 Å². The Morgan fingerprint density at radius 3 is 2.43 bits per heavy atom. The number of ether oxygens (including phenoxy) is 3. The zero-order valence-electron chi connectivity index (χ0n) is 16.4. The molecule has 1 N–H and O–H groups in total. The number of fused-ring (bicyclic) bond motifs is 2. The normalized spacial score (nSPS) is 15.5. The molecule has 1 heterocycles. The van der Waals surface area contributed by atoms with E-state index in [-0.39, 0.29) is 12.7 Å². The van der Waals surface area contributed by atoms with E-state index in [4.69, 9.17) is 25.8 Å². The minimum atomic E-state index is -0.753. The number of nitrogens with one attached hydrogen (secondary N) is 1. The highest BCUT2D eigenvalue weighted by Crippen LogP contribution is 2.44. The summed E-state index contributed by atoms with van der Waals surface area (Å²) in [6.07, 6.45) is 1.22. The fourth-order valence-electron chi connectivity index (χ4n) is 4.30. The van der Waals surface area contributed by atoms with Crippen molar-refractivity contribution in [2.45, 2.75) is 18.3 Å². The number of benzene rings is 3. The minimum absolute atomic E-state index is 0.0844. The highest BCUT2D eigenvalue weighted by Gasteiger charge is 2.46. The standard InChI is InChI=1S/C24H20ClNO4/c1-28-20-9-7-18(11-19(20)25)26-23(27)24(12-15-4-2-3-5-16(15)13-24)17-6-8-21-22(10-17)30-14-29-21/h2-11H,12-14H2,1H3,(H,26,27). The fourth-order valence-corrected chi connectivity index (χ4v) is 4.56. The summed E-state index contributed by atoms with van der Waals surface area (Å²) in [5.74, 6) is 1.85. The molecule has 6 heteroatoms. The van der Waals surface area contributed by atoms with Gasteiger partial charge in [0.2, 0.25) is 12.7 Å². The van der Waals surface area contributed by atoms with E-state index >= 15 is 0 Å². The summed E-state index contributed by atoms with van der Waals surface area (Å²) in [6.45, 7) is 0.197. The highest BCUT2D eigenvalue weighted by atomic mass is 35.5. The van der Waals surface area contributed by atoms with E-state index in [1.165, 1.54) is 11.1 Å². The maximum Gasteiger partial charge on any atom is 0.235 e. The monoisotopic (exact) mass is 421 g/mol. The predicted octanol–water partition coefficient (Wildman–Crippen LogP) is 4.75. The Balaban J connectivity index is 1.54. The van der Waals surface area contributed by atoms with E-state index in [0.717, 1.165) is 5.56 Å². The molecule has 1 aliphatic heterocycles. The van der Waals surface area contributed by atoms with Crippen LogP contribution in [0.1, 0.15) is 16.7 Å². The smallest absolute Gasteiger partial charge is 0.235 e. The topological polar surface area (TPSA) is 56.8 Å². The Morgan fingerprint density at radius 1 is 1.00 bits per heavy atom. The van der Waals surface area contributed by atoms with E-state index < -0.39 is 5.41 Å². The van der Waals surface area contributed by atoms with Crippen LogP contribution in [0.25, 0.3) is 0 Å². The van der Waals surface area contributed by atoms with Gasteiger partial charge in [-0.15, -0.1) is 0 Å². The zero-order chi connectivity index (χ0) is 20.7. The molecule has 0 unspecified atom stereocenters. The van der Waals surface area contributed by atoms with E-state index in [2.05, 4.69) is 17.4 Å². The fraction of sp³-hybridized carbons (Fsp3) is 0.208. The van der Waals surface area contributed by atoms with Crippen molar-refractivity contribution < 1.29 is 19.0 Å². The van der Waals surface area contributed by atoms with Gasteiger partial charge in [-0.3, -0.25) is 4.79 Å². The number of rotatable bonds is 4. The molecule has 152 valence electrons. The van der Waals surface area contributed by atoms with Gasteiger partial charge in [0.1, 0.15) is 5.75 Å². The first-order valence-electron chi connectivity index (χ1n) is 9.71. The van der Waals surface area contributed by atoms with E-state index in [9.17, 15) is 4.79 Å². The lowest BCUT2D eigenvalue weighted by atomic mass is 9.76. The lowest BCUT2D eigenvalue weighted by Gasteiger charge is -2.29. The van der Waals surface area contributed by atoms with Gasteiger partial charge < -0.3 is 19.5 Å². The number of hydrogen-bond donors (Lipinski definition) is 1. The Labute approximate surface area is 179 Å². The molecule has 0 spiro atoms. The lowest BCUT2D eigenvalue weighted by molar-refractivity contribution is -0.121. The SMILES string of the molecule is COc1ccc(NC(=O)C2(c3ccc4c(c3)OCO4)Cc3ccccc3C2)cc1Cl. The molecule has 0 bridgehead atoms. The van der Waals surface area contributed by atoms with Gasteiger partial charge >= 0.3 is 0 Å². The molecule has 0 radical (unpaired) electrons. The number of amides is 1. The van der Waals surface area contributed by atoms with Crippen LogP contribution in [0.2, 0.25) is 5.02 Å². The van der Waals surface area contributed by atoms with Crippen LogP contribution >= 0.6 is 11.6 Å². The summed E-state index contributed by atoms with van der Waals surface area (Å²) in [7, 11) is 1.56. The molecule has 0 saturated heterocycles. The maximum atomic E-state index is 13.7. The molecule has 30 heavy (non-hydrogen) atoms. The van der Waals surface area contributed by atoms with Crippen molar-refractivity contribution in [1.29, 1.82) is 0 Å². The first-order chi connectivity index (χ1) is 14.6. The van der Waals surface area contributed by atoms with Gasteiger partial charge in [-0.1, -0.05) is 41.9 Å². The molecule has 1 amide bonds. The van der Waals surface area contributed by atoms with E-state index in [1.54, 1.807) is 25.3 Å². The predicted molar refractivity (Wildman–Crippen MR) is 115 cm³/mol. The minimum Gasteiger partial charge on any atom is -0.495 e. The van der Waals surface area contributed by atoms with Crippen LogP contribution in [-0.2, 0) is 23.1 Å². The number of anilines is 1. The van der Waals surface area contributed by atoms with Crippen LogP contribution in [0, 0.1) is 0 Å². The van der Waals surface area contributed by atoms with Crippen LogP contribution in [0.5, 0.6) is 17.2 Å². The van der Waals surface area contributed by atoms with Crippen molar-refractivity contribution in [3.05, 3.63) is 82.4 Å². The summed E-state index contributed by atoms with van der Waals surface area (Å²) in [6, 6.07) is 19.2. The molecular weight excluding hydrogens is 402 g/mol. The van der Waals surface area contributed by atoms with Gasteiger partial charge in [-0.05, 0) is 59.9 Å². The molecule has 0 fully saturated rings. The average molecular weight is 422 g/mol. The first-order valence-corrected chi connectivity index (χ1v) is 10.1. The van der Waals surface area contributed by atoms with Crippen molar-refractivity contribution in [3.8, 4) is 17.2 Å². The molecular formula is C24H20ClNO4. The number of carbonyl (C=O) groups excluding carboxylic acids is 1. The van der Waals surface area contributed by atoms with Gasteiger partial charge in [0.25, 0.3) is 0 Å². The number of hydrogen-bond acceptors (Lipinski definition) is 4. The molecule has 0 aromatic heterocycles. The third kappa shape index (κ3) is 3.06. The third-order valence-corrected chi connectivity index (χ3v) is 6.17. The van der Waals surface area contributed by atoms with Crippen molar-refractivity contribution in [2.24, 2.45) is 0 Å². The van der Waals surface area contributed by atoms with E-state index in [1.807, 2.05) is 30.3 Å². The van der Waals surface area contributed by atoms with Crippen LogP contribution in [0.3, 0.4) is 0 Å². The molecule has 0 saturated carbocycles. The summed E-state index contributed by atoms with van der Waals surface area (Å²) < 4.78 is 16.2. The van der Waals surface area contributed by atoms with Gasteiger partial charge in [-0.2, -0.15) is 0 Å². The molecule has 5 rings (SSSR count). The molecule has 1 aliphatic carbocycles. The first kappa shape index (κ1) is 18.8. The van der Waals surface area contributed by atoms with Crippen molar-refractivity contribution in [2.75, 3.05) is 19.2 Å². The molecule has 0 atom stereocenters.